The molecule has 11 nitrogen and oxygen atoms in total. The zero-order valence-corrected chi connectivity index (χ0v) is 17.4. The van der Waals surface area contributed by atoms with Gasteiger partial charge in [-0.2, -0.15) is 0 Å². The zero-order valence-electron chi connectivity index (χ0n) is 17.4. The smallest absolute Gasteiger partial charge is 0.269 e. The minimum atomic E-state index is -0.598. The molecule has 2 amide bonds. The van der Waals surface area contributed by atoms with Crippen molar-refractivity contribution in [3.63, 3.8) is 0 Å². The number of unbranched alkanes of at least 4 members (excludes halogenated alkanes) is 1. The first-order valence-electron chi connectivity index (χ1n) is 10.1. The van der Waals surface area contributed by atoms with Gasteiger partial charge in [-0.1, -0.05) is 0 Å². The molecule has 0 saturated carbocycles. The molecule has 0 aliphatic rings. The van der Waals surface area contributed by atoms with Gasteiger partial charge in [0, 0.05) is 41.9 Å². The summed E-state index contributed by atoms with van der Waals surface area (Å²) in [5.41, 5.74) is 5.37. The van der Waals surface area contributed by atoms with Gasteiger partial charge in [0.25, 0.3) is 23.2 Å². The lowest BCUT2D eigenvalue weighted by Gasteiger charge is -2.21. The molecule has 2 aromatic carbocycles. The molecule has 0 spiro atoms. The Morgan fingerprint density at radius 3 is 1.62 bits per heavy atom. The Morgan fingerprint density at radius 2 is 1.22 bits per heavy atom. The van der Waals surface area contributed by atoms with Gasteiger partial charge in [0.1, 0.15) is 0 Å². The summed E-state index contributed by atoms with van der Waals surface area (Å²) in [4.78, 5) is 47.6. The van der Waals surface area contributed by atoms with Crippen LogP contribution in [-0.2, 0) is 0 Å². The van der Waals surface area contributed by atoms with E-state index in [1.807, 2.05) is 0 Å². The summed E-state index contributed by atoms with van der Waals surface area (Å²) in [6, 6.07) is 9.98. The molecule has 0 bridgehead atoms. The van der Waals surface area contributed by atoms with Crippen LogP contribution in [0.5, 0.6) is 0 Å². The fraction of sp³-hybridized carbons (Fsp3) is 0.333. The van der Waals surface area contributed by atoms with Crippen molar-refractivity contribution in [3.8, 4) is 0 Å². The molecule has 0 atom stereocenters. The quantitative estimate of drug-likeness (QED) is 0.219. The summed E-state index contributed by atoms with van der Waals surface area (Å²) in [5, 5.41) is 24.9. The molecule has 2 rings (SSSR count). The third-order valence-electron chi connectivity index (χ3n) is 4.68. The third kappa shape index (κ3) is 6.93. The maximum absolute atomic E-state index is 13.0. The second-order valence-corrected chi connectivity index (χ2v) is 6.97. The molecule has 32 heavy (non-hydrogen) atoms. The molecule has 11 heteroatoms. The number of nitrogens with one attached hydrogen (secondary N) is 1. The highest BCUT2D eigenvalue weighted by Crippen LogP contribution is 2.18. The molecule has 0 radical (unpaired) electrons. The predicted molar refractivity (Wildman–Crippen MR) is 117 cm³/mol. The summed E-state index contributed by atoms with van der Waals surface area (Å²) in [6.07, 6.45) is 2.10. The average Bonchev–Trinajstić information content (AvgIpc) is 2.80. The number of hydrogen-bond acceptors (Lipinski definition) is 8. The van der Waals surface area contributed by atoms with Crippen LogP contribution >= 0.6 is 0 Å². The minimum absolute atomic E-state index is 0.129. The summed E-state index contributed by atoms with van der Waals surface area (Å²) < 4.78 is 0. The van der Waals surface area contributed by atoms with Gasteiger partial charge in [-0.15, -0.1) is 0 Å². The fourth-order valence-electron chi connectivity index (χ4n) is 2.93. The van der Waals surface area contributed by atoms with E-state index in [1.54, 1.807) is 0 Å². The van der Waals surface area contributed by atoms with Crippen molar-refractivity contribution in [1.29, 1.82) is 0 Å². The Hall–Kier alpha value is -3.70. The van der Waals surface area contributed by atoms with Crippen molar-refractivity contribution in [2.45, 2.75) is 19.3 Å². The molecule has 0 heterocycles. The van der Waals surface area contributed by atoms with Crippen molar-refractivity contribution in [3.05, 3.63) is 79.9 Å². The average molecular weight is 443 g/mol. The van der Waals surface area contributed by atoms with Crippen molar-refractivity contribution in [2.24, 2.45) is 5.73 Å². The number of amides is 2. The van der Waals surface area contributed by atoms with Crippen LogP contribution in [0, 0.1) is 20.2 Å². The molecule has 0 unspecified atom stereocenters. The largest absolute Gasteiger partial charge is 0.330 e. The van der Waals surface area contributed by atoms with Crippen LogP contribution in [0.3, 0.4) is 0 Å². The second-order valence-electron chi connectivity index (χ2n) is 6.97. The monoisotopic (exact) mass is 443 g/mol. The Kier molecular flexibility index (Phi) is 9.39. The van der Waals surface area contributed by atoms with Crippen LogP contribution < -0.4 is 11.1 Å². The molecule has 0 aromatic heterocycles. The highest BCUT2D eigenvalue weighted by atomic mass is 16.6. The van der Waals surface area contributed by atoms with E-state index in [1.165, 1.54) is 48.5 Å². The topological polar surface area (TPSA) is 162 Å². The first-order valence-corrected chi connectivity index (χ1v) is 10.1. The van der Waals surface area contributed by atoms with Gasteiger partial charge < -0.3 is 11.1 Å². The van der Waals surface area contributed by atoms with Crippen LogP contribution in [0.2, 0.25) is 0 Å². The lowest BCUT2D eigenvalue weighted by atomic mass is 10.1. The van der Waals surface area contributed by atoms with Crippen LogP contribution in [-0.4, -0.2) is 52.7 Å². The molecule has 0 saturated heterocycles. The van der Waals surface area contributed by atoms with E-state index in [-0.39, 0.29) is 29.0 Å². The number of nitrogens with zero attached hydrogens (tertiary/aromatic N) is 3. The molecule has 0 aliphatic heterocycles. The molecular formula is C21H25N5O6. The zero-order chi connectivity index (χ0) is 23.5. The van der Waals surface area contributed by atoms with E-state index in [4.69, 9.17) is 5.73 Å². The van der Waals surface area contributed by atoms with Crippen molar-refractivity contribution in [1.82, 2.24) is 10.2 Å². The number of carbonyl (C=O) groups is 2. The summed E-state index contributed by atoms with van der Waals surface area (Å²) in [5.74, 6) is -1.20. The highest BCUT2D eigenvalue weighted by molar-refractivity contribution is 6.10. The molecule has 170 valence electrons. The molecule has 2 aromatic rings. The van der Waals surface area contributed by atoms with E-state index in [9.17, 15) is 29.8 Å². The normalized spacial score (nSPS) is 10.5. The molecule has 0 fully saturated rings. The van der Waals surface area contributed by atoms with E-state index < -0.39 is 21.7 Å². The van der Waals surface area contributed by atoms with E-state index in [0.717, 1.165) is 17.9 Å². The highest BCUT2D eigenvalue weighted by Gasteiger charge is 2.24. The lowest BCUT2D eigenvalue weighted by Crippen LogP contribution is -2.38. The number of hydrogen-bond donors (Lipinski definition) is 2. The first kappa shape index (κ1) is 24.6. The summed E-state index contributed by atoms with van der Waals surface area (Å²) in [6.45, 7) is 2.20. The number of rotatable bonds is 12. The van der Waals surface area contributed by atoms with Gasteiger partial charge in [0.15, 0.2) is 0 Å². The van der Waals surface area contributed by atoms with Crippen LogP contribution in [0.1, 0.15) is 40.0 Å². The van der Waals surface area contributed by atoms with Crippen molar-refractivity contribution in [2.75, 3.05) is 26.2 Å². The van der Waals surface area contributed by atoms with Gasteiger partial charge in [0.05, 0.1) is 9.85 Å². The van der Waals surface area contributed by atoms with Gasteiger partial charge in [0.2, 0.25) is 0 Å². The Bertz CT molecular complexity index is 877. The van der Waals surface area contributed by atoms with Crippen LogP contribution in [0.25, 0.3) is 0 Å². The van der Waals surface area contributed by atoms with Crippen molar-refractivity contribution >= 4 is 23.2 Å². The number of nitro groups is 2. The summed E-state index contributed by atoms with van der Waals surface area (Å²) >= 11 is 0. The summed E-state index contributed by atoms with van der Waals surface area (Å²) in [7, 11) is 0. The number of benzene rings is 2. The van der Waals surface area contributed by atoms with Gasteiger partial charge >= 0.3 is 0 Å². The lowest BCUT2D eigenvalue weighted by molar-refractivity contribution is -0.385. The Morgan fingerprint density at radius 1 is 0.781 bits per heavy atom. The van der Waals surface area contributed by atoms with Gasteiger partial charge in [-0.25, -0.2) is 0 Å². The number of nitrogens with two attached hydrogens (primary N) is 1. The predicted octanol–water partition coefficient (Wildman–Crippen LogP) is 2.50. The Labute approximate surface area is 184 Å². The van der Waals surface area contributed by atoms with Gasteiger partial charge in [-0.05, 0) is 63.2 Å². The van der Waals surface area contributed by atoms with Crippen LogP contribution in [0.4, 0.5) is 11.4 Å². The Balaban J connectivity index is 2.15. The molecular weight excluding hydrogens is 418 g/mol. The maximum atomic E-state index is 13.0. The minimum Gasteiger partial charge on any atom is -0.330 e. The molecule has 3 N–H and O–H groups in total. The number of carbonyl (C=O) groups excluding carboxylic acids is 2. The van der Waals surface area contributed by atoms with E-state index >= 15 is 0 Å². The van der Waals surface area contributed by atoms with E-state index in [0.29, 0.717) is 25.9 Å². The maximum Gasteiger partial charge on any atom is 0.269 e. The number of imide groups is 1. The number of nitro benzene ring substituents is 2. The fourth-order valence-corrected chi connectivity index (χ4v) is 2.93. The van der Waals surface area contributed by atoms with E-state index in [2.05, 4.69) is 5.32 Å². The third-order valence-corrected chi connectivity index (χ3v) is 4.68. The standard InChI is InChI=1S/C21H25N5O6/c22-12-3-14-23-13-1-2-15-24(20(27)16-4-8-18(9-5-16)25(29)30)21(28)17-6-10-19(11-7-17)26(31)32/h4-11,23H,1-3,12-15,22H2. The van der Waals surface area contributed by atoms with Crippen molar-refractivity contribution < 1.29 is 19.4 Å². The van der Waals surface area contributed by atoms with Crippen LogP contribution in [0.15, 0.2) is 48.5 Å². The molecule has 0 aliphatic carbocycles. The van der Waals surface area contributed by atoms with Gasteiger partial charge in [-0.3, -0.25) is 34.7 Å². The first-order chi connectivity index (χ1) is 15.3. The number of non-ortho nitro benzene ring substituents is 2. The SMILES string of the molecule is NCCCNCCCCN(C(=O)c1ccc([N+](=O)[O-])cc1)C(=O)c1ccc([N+](=O)[O-])cc1. The second kappa shape index (κ2) is 12.2.